The first-order valence-corrected chi connectivity index (χ1v) is 7.53. The lowest BCUT2D eigenvalue weighted by atomic mass is 9.47. The van der Waals surface area contributed by atoms with Crippen LogP contribution in [0.2, 0.25) is 0 Å². The molecule has 4 bridgehead atoms. The van der Waals surface area contributed by atoms with Gasteiger partial charge in [0.15, 0.2) is 0 Å². The summed E-state index contributed by atoms with van der Waals surface area (Å²) in [5.41, 5.74) is 0.406. The van der Waals surface area contributed by atoms with Crippen LogP contribution in [0.4, 0.5) is 0 Å². The van der Waals surface area contributed by atoms with Gasteiger partial charge in [0.25, 0.3) is 0 Å². The molecule has 4 fully saturated rings. The number of nitrogens with one attached hydrogen (secondary N) is 2. The first kappa shape index (κ1) is 12.5. The van der Waals surface area contributed by atoms with Crippen LogP contribution in [-0.4, -0.2) is 25.5 Å². The molecule has 2 N–H and O–H groups in total. The summed E-state index contributed by atoms with van der Waals surface area (Å²) in [6.07, 6.45) is 8.45. The van der Waals surface area contributed by atoms with E-state index in [-0.39, 0.29) is 5.91 Å². The van der Waals surface area contributed by atoms with Crippen molar-refractivity contribution in [3.63, 3.8) is 0 Å². The quantitative estimate of drug-likeness (QED) is 0.800. The van der Waals surface area contributed by atoms with E-state index >= 15 is 0 Å². The lowest BCUT2D eigenvalue weighted by Gasteiger charge is -2.59. The van der Waals surface area contributed by atoms with Gasteiger partial charge in [0, 0.05) is 19.5 Å². The summed E-state index contributed by atoms with van der Waals surface area (Å²) in [6.45, 7) is 2.58. The summed E-state index contributed by atoms with van der Waals surface area (Å²) in [5, 5.41) is 6.52. The second-order valence-corrected chi connectivity index (χ2v) is 7.09. The zero-order valence-electron chi connectivity index (χ0n) is 11.7. The first-order valence-electron chi connectivity index (χ1n) is 7.53. The molecule has 0 aliphatic heterocycles. The Hall–Kier alpha value is -0.570. The molecular weight excluding hydrogens is 224 g/mol. The number of amides is 1. The molecule has 0 radical (unpaired) electrons. The Kier molecular flexibility index (Phi) is 3.13. The summed E-state index contributed by atoms with van der Waals surface area (Å²) < 4.78 is 0. The molecule has 4 aliphatic rings. The summed E-state index contributed by atoms with van der Waals surface area (Å²) >= 11 is 0. The zero-order valence-corrected chi connectivity index (χ0v) is 11.7. The minimum Gasteiger partial charge on any atom is -0.352 e. The van der Waals surface area contributed by atoms with Crippen LogP contribution < -0.4 is 10.6 Å². The maximum absolute atomic E-state index is 11.5. The molecule has 4 rings (SSSR count). The van der Waals surface area contributed by atoms with Crippen LogP contribution in [0.25, 0.3) is 0 Å². The summed E-state index contributed by atoms with van der Waals surface area (Å²) in [7, 11) is 2.00. The van der Waals surface area contributed by atoms with Crippen molar-refractivity contribution < 1.29 is 4.79 Å². The number of hydrogen-bond donors (Lipinski definition) is 2. The lowest BCUT2D eigenvalue weighted by Crippen LogP contribution is -2.59. The average Bonchev–Trinajstić information content (AvgIpc) is 2.26. The van der Waals surface area contributed by atoms with E-state index in [0.29, 0.717) is 11.5 Å². The van der Waals surface area contributed by atoms with Crippen LogP contribution in [-0.2, 0) is 4.79 Å². The van der Waals surface area contributed by atoms with E-state index in [2.05, 4.69) is 10.6 Å². The highest BCUT2D eigenvalue weighted by Gasteiger charge is 2.54. The second-order valence-electron chi connectivity index (χ2n) is 7.09. The Balaban J connectivity index is 1.81. The SMILES string of the molecule is CNCC(NC(C)=O)C12CC3CC(CC(C3)C1)C2. The number of likely N-dealkylation sites (N-methyl/N-ethyl adjacent to an activating group) is 1. The third-order valence-electron chi connectivity index (χ3n) is 5.61. The van der Waals surface area contributed by atoms with E-state index in [4.69, 9.17) is 0 Å². The van der Waals surface area contributed by atoms with Gasteiger partial charge in [-0.25, -0.2) is 0 Å². The summed E-state index contributed by atoms with van der Waals surface area (Å²) in [6, 6.07) is 0.341. The summed E-state index contributed by atoms with van der Waals surface area (Å²) in [4.78, 5) is 11.5. The average molecular weight is 250 g/mol. The van der Waals surface area contributed by atoms with Crippen molar-refractivity contribution in [1.82, 2.24) is 10.6 Å². The van der Waals surface area contributed by atoms with Crippen molar-refractivity contribution in [2.24, 2.45) is 23.2 Å². The molecule has 0 saturated heterocycles. The minimum absolute atomic E-state index is 0.131. The topological polar surface area (TPSA) is 41.1 Å². The lowest BCUT2D eigenvalue weighted by molar-refractivity contribution is -0.124. The van der Waals surface area contributed by atoms with Crippen molar-refractivity contribution in [3.8, 4) is 0 Å². The minimum atomic E-state index is 0.131. The third kappa shape index (κ3) is 2.07. The molecule has 0 aromatic rings. The highest BCUT2D eigenvalue weighted by atomic mass is 16.1. The molecule has 0 heterocycles. The van der Waals surface area contributed by atoms with E-state index in [9.17, 15) is 4.79 Å². The molecule has 1 atom stereocenters. The molecule has 0 aromatic carbocycles. The highest BCUT2D eigenvalue weighted by molar-refractivity contribution is 5.73. The van der Waals surface area contributed by atoms with Crippen molar-refractivity contribution in [3.05, 3.63) is 0 Å². The molecule has 4 aliphatic carbocycles. The van der Waals surface area contributed by atoms with E-state index in [1.807, 2.05) is 7.05 Å². The standard InChI is InChI=1S/C15H26N2O/c1-10(18)17-14(9-16-2)15-6-11-3-12(7-15)5-13(4-11)8-15/h11-14,16H,3-9H2,1-2H3,(H,17,18). The van der Waals surface area contributed by atoms with Gasteiger partial charge < -0.3 is 10.6 Å². The maximum Gasteiger partial charge on any atom is 0.217 e. The Morgan fingerprint density at radius 1 is 1.17 bits per heavy atom. The Morgan fingerprint density at radius 2 is 1.67 bits per heavy atom. The number of carbonyl (C=O) groups is 1. The zero-order chi connectivity index (χ0) is 12.8. The van der Waals surface area contributed by atoms with Gasteiger partial charge in [-0.3, -0.25) is 4.79 Å². The van der Waals surface area contributed by atoms with Gasteiger partial charge in [-0.2, -0.15) is 0 Å². The van der Waals surface area contributed by atoms with Crippen LogP contribution in [0.1, 0.15) is 45.4 Å². The van der Waals surface area contributed by atoms with Gasteiger partial charge in [0.05, 0.1) is 0 Å². The van der Waals surface area contributed by atoms with Gasteiger partial charge >= 0.3 is 0 Å². The van der Waals surface area contributed by atoms with Crippen LogP contribution in [0.5, 0.6) is 0 Å². The molecule has 1 unspecified atom stereocenters. The predicted molar refractivity (Wildman–Crippen MR) is 72.1 cm³/mol. The van der Waals surface area contributed by atoms with Crippen molar-refractivity contribution >= 4 is 5.91 Å². The van der Waals surface area contributed by atoms with Gasteiger partial charge in [-0.1, -0.05) is 0 Å². The molecule has 0 spiro atoms. The van der Waals surface area contributed by atoms with E-state index in [1.165, 1.54) is 38.5 Å². The van der Waals surface area contributed by atoms with Gasteiger partial charge in [-0.15, -0.1) is 0 Å². The molecule has 3 nitrogen and oxygen atoms in total. The molecule has 102 valence electrons. The van der Waals surface area contributed by atoms with Gasteiger partial charge in [0.1, 0.15) is 0 Å². The first-order chi connectivity index (χ1) is 8.61. The second kappa shape index (κ2) is 4.52. The Morgan fingerprint density at radius 3 is 2.06 bits per heavy atom. The summed E-state index contributed by atoms with van der Waals surface area (Å²) in [5.74, 6) is 2.98. The molecule has 18 heavy (non-hydrogen) atoms. The maximum atomic E-state index is 11.5. The molecular formula is C15H26N2O. The monoisotopic (exact) mass is 250 g/mol. The smallest absolute Gasteiger partial charge is 0.217 e. The van der Waals surface area contributed by atoms with E-state index < -0.39 is 0 Å². The Labute approximate surface area is 110 Å². The number of carbonyl (C=O) groups excluding carboxylic acids is 1. The molecule has 3 heteroatoms. The fourth-order valence-corrected chi connectivity index (χ4v) is 5.47. The van der Waals surface area contributed by atoms with Crippen LogP contribution in [0.3, 0.4) is 0 Å². The van der Waals surface area contributed by atoms with Crippen molar-refractivity contribution in [2.45, 2.75) is 51.5 Å². The fourth-order valence-electron chi connectivity index (χ4n) is 5.47. The van der Waals surface area contributed by atoms with Crippen LogP contribution in [0, 0.1) is 23.2 Å². The largest absolute Gasteiger partial charge is 0.352 e. The van der Waals surface area contributed by atoms with Gasteiger partial charge in [-0.05, 0) is 68.7 Å². The number of rotatable bonds is 4. The van der Waals surface area contributed by atoms with Crippen LogP contribution >= 0.6 is 0 Å². The molecule has 4 saturated carbocycles. The van der Waals surface area contributed by atoms with Crippen LogP contribution in [0.15, 0.2) is 0 Å². The van der Waals surface area contributed by atoms with Gasteiger partial charge in [0.2, 0.25) is 5.91 Å². The molecule has 0 aromatic heterocycles. The third-order valence-corrected chi connectivity index (χ3v) is 5.61. The van der Waals surface area contributed by atoms with E-state index in [0.717, 1.165) is 24.3 Å². The highest BCUT2D eigenvalue weighted by Crippen LogP contribution is 2.61. The fraction of sp³-hybridized carbons (Fsp3) is 0.933. The predicted octanol–water partition coefficient (Wildman–Crippen LogP) is 1.93. The van der Waals surface area contributed by atoms with E-state index in [1.54, 1.807) is 6.92 Å². The van der Waals surface area contributed by atoms with Crippen molar-refractivity contribution in [1.29, 1.82) is 0 Å². The van der Waals surface area contributed by atoms with Crippen molar-refractivity contribution in [2.75, 3.05) is 13.6 Å². The number of hydrogen-bond acceptors (Lipinski definition) is 2. The molecule has 1 amide bonds. The Bertz CT molecular complexity index is 304. The normalized spacial score (nSPS) is 42.9.